The average molecular weight is 318 g/mol. The zero-order chi connectivity index (χ0) is 16.1. The molecule has 0 aliphatic carbocycles. The topological polar surface area (TPSA) is 57.7 Å². The molecular weight excluding hydrogens is 292 g/mol. The van der Waals surface area contributed by atoms with E-state index in [-0.39, 0.29) is 11.6 Å². The van der Waals surface area contributed by atoms with Crippen LogP contribution in [0.15, 0.2) is 24.4 Å². The van der Waals surface area contributed by atoms with Gasteiger partial charge in [0.05, 0.1) is 11.3 Å². The van der Waals surface area contributed by atoms with Gasteiger partial charge in [-0.2, -0.15) is 0 Å². The first-order valence-electron chi connectivity index (χ1n) is 8.44. The highest BCUT2D eigenvalue weighted by Crippen LogP contribution is 2.23. The first-order chi connectivity index (χ1) is 11.1. The molecule has 2 aliphatic heterocycles. The molecule has 1 N–H and O–H groups in total. The number of ether oxygens (including phenoxy) is 1. The molecule has 1 atom stereocenters. The van der Waals surface area contributed by atoms with E-state index in [0.29, 0.717) is 6.54 Å². The molecule has 3 heterocycles. The van der Waals surface area contributed by atoms with Crippen molar-refractivity contribution >= 4 is 6.03 Å². The zero-order valence-electron chi connectivity index (χ0n) is 13.8. The Kier molecular flexibility index (Phi) is 5.13. The van der Waals surface area contributed by atoms with Crippen LogP contribution in [0.4, 0.5) is 4.79 Å². The highest BCUT2D eigenvalue weighted by atomic mass is 16.5. The normalized spacial score (nSPS) is 25.5. The lowest BCUT2D eigenvalue weighted by Crippen LogP contribution is -2.53. The molecule has 1 aromatic heterocycles. The van der Waals surface area contributed by atoms with Crippen LogP contribution >= 0.6 is 0 Å². The van der Waals surface area contributed by atoms with Crippen LogP contribution < -0.4 is 5.32 Å². The van der Waals surface area contributed by atoms with Crippen molar-refractivity contribution < 1.29 is 9.53 Å². The van der Waals surface area contributed by atoms with Crippen LogP contribution in [0.5, 0.6) is 0 Å². The molecule has 2 saturated heterocycles. The summed E-state index contributed by atoms with van der Waals surface area (Å²) in [6.07, 6.45) is 3.93. The van der Waals surface area contributed by atoms with Gasteiger partial charge in [-0.1, -0.05) is 6.07 Å². The van der Waals surface area contributed by atoms with E-state index in [1.165, 1.54) is 0 Å². The molecule has 0 bridgehead atoms. The van der Waals surface area contributed by atoms with Gasteiger partial charge in [-0.3, -0.25) is 9.88 Å². The summed E-state index contributed by atoms with van der Waals surface area (Å²) in [5, 5.41) is 3.03. The van der Waals surface area contributed by atoms with Crippen molar-refractivity contribution in [3.63, 3.8) is 0 Å². The lowest BCUT2D eigenvalue weighted by molar-refractivity contribution is 0.0213. The molecule has 0 saturated carbocycles. The fourth-order valence-electron chi connectivity index (χ4n) is 3.18. The van der Waals surface area contributed by atoms with E-state index in [9.17, 15) is 4.79 Å². The van der Waals surface area contributed by atoms with E-state index < -0.39 is 0 Å². The van der Waals surface area contributed by atoms with Gasteiger partial charge in [0.15, 0.2) is 0 Å². The van der Waals surface area contributed by atoms with Crippen molar-refractivity contribution in [2.24, 2.45) is 0 Å². The number of carbonyl (C=O) groups excluding carboxylic acids is 1. The second kappa shape index (κ2) is 7.27. The van der Waals surface area contributed by atoms with Crippen LogP contribution in [-0.4, -0.2) is 65.7 Å². The van der Waals surface area contributed by atoms with E-state index in [4.69, 9.17) is 4.74 Å². The second-order valence-corrected chi connectivity index (χ2v) is 6.64. The quantitative estimate of drug-likeness (QED) is 0.913. The smallest absolute Gasteiger partial charge is 0.317 e. The van der Waals surface area contributed by atoms with Crippen molar-refractivity contribution in [1.82, 2.24) is 20.1 Å². The Bertz CT molecular complexity index is 509. The number of nitrogens with zero attached hydrogens (tertiary/aromatic N) is 3. The van der Waals surface area contributed by atoms with Crippen molar-refractivity contribution in [3.8, 4) is 0 Å². The van der Waals surface area contributed by atoms with E-state index >= 15 is 0 Å². The maximum Gasteiger partial charge on any atom is 0.317 e. The monoisotopic (exact) mass is 318 g/mol. The maximum atomic E-state index is 12.3. The zero-order valence-corrected chi connectivity index (χ0v) is 13.8. The highest BCUT2D eigenvalue weighted by molar-refractivity contribution is 5.74. The first kappa shape index (κ1) is 16.2. The minimum atomic E-state index is -0.184. The molecule has 2 amide bonds. The average Bonchev–Trinajstić information content (AvgIpc) is 3.01. The van der Waals surface area contributed by atoms with Gasteiger partial charge in [-0.15, -0.1) is 0 Å². The number of hydrogen-bond donors (Lipinski definition) is 1. The Balaban J connectivity index is 1.40. The predicted molar refractivity (Wildman–Crippen MR) is 88.1 cm³/mol. The third kappa shape index (κ3) is 4.42. The molecule has 0 radical (unpaired) electrons. The molecule has 2 aliphatic rings. The minimum absolute atomic E-state index is 0.0270. The lowest BCUT2D eigenvalue weighted by Gasteiger charge is -2.35. The van der Waals surface area contributed by atoms with E-state index in [1.54, 1.807) is 0 Å². The van der Waals surface area contributed by atoms with Crippen molar-refractivity contribution in [3.05, 3.63) is 30.1 Å². The fourth-order valence-corrected chi connectivity index (χ4v) is 3.18. The molecule has 1 aromatic rings. The molecule has 23 heavy (non-hydrogen) atoms. The van der Waals surface area contributed by atoms with Gasteiger partial charge < -0.3 is 15.0 Å². The number of amides is 2. The third-order valence-corrected chi connectivity index (χ3v) is 4.69. The van der Waals surface area contributed by atoms with Crippen LogP contribution in [0.3, 0.4) is 0 Å². The van der Waals surface area contributed by atoms with Crippen LogP contribution in [0.1, 0.15) is 25.5 Å². The summed E-state index contributed by atoms with van der Waals surface area (Å²) in [6.45, 7) is 7.62. The van der Waals surface area contributed by atoms with E-state index in [0.717, 1.165) is 57.9 Å². The number of rotatable bonds is 4. The number of hydrogen-bond acceptors (Lipinski definition) is 4. The SMILES string of the molecule is C[C@@]1(CNC(=O)N2CCN(Cc3ccccn3)CC2)CCCO1. The number of piperazine rings is 1. The standard InChI is InChI=1S/C17H26N4O2/c1-17(6-4-12-23-17)14-19-16(22)21-10-8-20(9-11-21)13-15-5-2-3-7-18-15/h2-3,5,7H,4,6,8-14H2,1H3,(H,19,22)/t17-/m0/s1. The number of urea groups is 1. The van der Waals surface area contributed by atoms with E-state index in [1.807, 2.05) is 29.3 Å². The Morgan fingerprint density at radius 2 is 2.17 bits per heavy atom. The first-order valence-corrected chi connectivity index (χ1v) is 8.44. The molecule has 6 nitrogen and oxygen atoms in total. The molecule has 126 valence electrons. The number of nitrogens with one attached hydrogen (secondary N) is 1. The summed E-state index contributed by atoms with van der Waals surface area (Å²) < 4.78 is 5.71. The number of aromatic nitrogens is 1. The molecule has 2 fully saturated rings. The molecule has 3 rings (SSSR count). The highest BCUT2D eigenvalue weighted by Gasteiger charge is 2.31. The van der Waals surface area contributed by atoms with Gasteiger partial charge in [-0.25, -0.2) is 4.79 Å². The molecule has 0 unspecified atom stereocenters. The summed E-state index contributed by atoms with van der Waals surface area (Å²) >= 11 is 0. The summed E-state index contributed by atoms with van der Waals surface area (Å²) in [6, 6.07) is 6.01. The van der Waals surface area contributed by atoms with Crippen molar-refractivity contribution in [2.75, 3.05) is 39.3 Å². The largest absolute Gasteiger partial charge is 0.373 e. The van der Waals surface area contributed by atoms with Crippen molar-refractivity contribution in [2.45, 2.75) is 31.9 Å². The molecule has 0 spiro atoms. The summed E-state index contributed by atoms with van der Waals surface area (Å²) in [4.78, 5) is 20.9. The Morgan fingerprint density at radius 3 is 2.83 bits per heavy atom. The second-order valence-electron chi connectivity index (χ2n) is 6.64. The fraction of sp³-hybridized carbons (Fsp3) is 0.647. The predicted octanol–water partition coefficient (Wildman–Crippen LogP) is 1.48. The Labute approximate surface area is 137 Å². The Morgan fingerprint density at radius 1 is 1.35 bits per heavy atom. The summed E-state index contributed by atoms with van der Waals surface area (Å²) in [5.41, 5.74) is 0.896. The van der Waals surface area contributed by atoms with Crippen LogP contribution in [0, 0.1) is 0 Å². The summed E-state index contributed by atoms with van der Waals surface area (Å²) in [5.74, 6) is 0. The number of carbonyl (C=O) groups is 1. The van der Waals surface area contributed by atoms with E-state index in [2.05, 4.69) is 22.1 Å². The van der Waals surface area contributed by atoms with Gasteiger partial charge >= 0.3 is 6.03 Å². The van der Waals surface area contributed by atoms with Gasteiger partial charge in [0.1, 0.15) is 0 Å². The van der Waals surface area contributed by atoms with Crippen LogP contribution in [0.25, 0.3) is 0 Å². The summed E-state index contributed by atoms with van der Waals surface area (Å²) in [7, 11) is 0. The van der Waals surface area contributed by atoms with Crippen molar-refractivity contribution in [1.29, 1.82) is 0 Å². The molecule has 0 aromatic carbocycles. The van der Waals surface area contributed by atoms with Gasteiger partial charge in [0.2, 0.25) is 0 Å². The van der Waals surface area contributed by atoms with Gasteiger partial charge in [0.25, 0.3) is 0 Å². The lowest BCUT2D eigenvalue weighted by atomic mass is 10.0. The van der Waals surface area contributed by atoms with Gasteiger partial charge in [0, 0.05) is 52.1 Å². The molecular formula is C17H26N4O2. The van der Waals surface area contributed by atoms with Crippen LogP contribution in [-0.2, 0) is 11.3 Å². The third-order valence-electron chi connectivity index (χ3n) is 4.69. The molecule has 6 heteroatoms. The number of pyridine rings is 1. The Hall–Kier alpha value is -1.66. The van der Waals surface area contributed by atoms with Crippen LogP contribution in [0.2, 0.25) is 0 Å². The minimum Gasteiger partial charge on any atom is -0.373 e. The van der Waals surface area contributed by atoms with Gasteiger partial charge in [-0.05, 0) is 31.9 Å². The maximum absolute atomic E-state index is 12.3.